The number of ether oxygens (including phenoxy) is 1. The van der Waals surface area contributed by atoms with Crippen LogP contribution in [0.15, 0.2) is 29.2 Å². The lowest BCUT2D eigenvalue weighted by molar-refractivity contribution is -0.0160. The first-order valence-corrected chi connectivity index (χ1v) is 11.3. The van der Waals surface area contributed by atoms with Crippen LogP contribution in [0.3, 0.4) is 0 Å². The second kappa shape index (κ2) is 8.83. The molecule has 0 bridgehead atoms. The molecular formula is C20H32N2O3S. The van der Waals surface area contributed by atoms with Gasteiger partial charge >= 0.3 is 0 Å². The fourth-order valence-corrected chi connectivity index (χ4v) is 5.34. The molecule has 1 saturated carbocycles. The molecule has 0 spiro atoms. The third-order valence-electron chi connectivity index (χ3n) is 5.76. The Kier molecular flexibility index (Phi) is 6.72. The quantitative estimate of drug-likeness (QED) is 0.761. The molecule has 2 aliphatic rings. The molecule has 5 nitrogen and oxygen atoms in total. The van der Waals surface area contributed by atoms with Crippen molar-refractivity contribution in [2.75, 3.05) is 39.3 Å². The second-order valence-electron chi connectivity index (χ2n) is 7.73. The average molecular weight is 381 g/mol. The Labute approximate surface area is 158 Å². The van der Waals surface area contributed by atoms with E-state index in [2.05, 4.69) is 11.8 Å². The van der Waals surface area contributed by atoms with E-state index in [9.17, 15) is 8.42 Å². The molecule has 0 N–H and O–H groups in total. The van der Waals surface area contributed by atoms with Crippen LogP contribution in [0, 0.1) is 12.8 Å². The Morgan fingerprint density at radius 1 is 1.04 bits per heavy atom. The van der Waals surface area contributed by atoms with E-state index in [1.807, 2.05) is 19.1 Å². The molecule has 3 rings (SSSR count). The van der Waals surface area contributed by atoms with Gasteiger partial charge in [0.25, 0.3) is 0 Å². The summed E-state index contributed by atoms with van der Waals surface area (Å²) in [6, 6.07) is 7.12. The van der Waals surface area contributed by atoms with E-state index in [1.165, 1.54) is 25.7 Å². The van der Waals surface area contributed by atoms with Crippen molar-refractivity contribution in [2.24, 2.45) is 5.92 Å². The highest BCUT2D eigenvalue weighted by Crippen LogP contribution is 2.26. The smallest absolute Gasteiger partial charge is 0.243 e. The van der Waals surface area contributed by atoms with Crippen molar-refractivity contribution in [1.29, 1.82) is 0 Å². The minimum atomic E-state index is -3.37. The van der Waals surface area contributed by atoms with Gasteiger partial charge in [0.15, 0.2) is 0 Å². The van der Waals surface area contributed by atoms with Gasteiger partial charge in [-0.1, -0.05) is 37.5 Å². The van der Waals surface area contributed by atoms with Crippen molar-refractivity contribution in [3.63, 3.8) is 0 Å². The van der Waals surface area contributed by atoms with Gasteiger partial charge in [-0.3, -0.25) is 4.90 Å². The first kappa shape index (κ1) is 19.8. The van der Waals surface area contributed by atoms with Crippen LogP contribution in [-0.2, 0) is 14.8 Å². The van der Waals surface area contributed by atoms with Crippen LogP contribution in [0.5, 0.6) is 0 Å². The van der Waals surface area contributed by atoms with E-state index < -0.39 is 10.0 Å². The normalized spacial score (nSPS) is 26.1. The van der Waals surface area contributed by atoms with E-state index in [1.54, 1.807) is 16.4 Å². The van der Waals surface area contributed by atoms with Gasteiger partial charge in [0, 0.05) is 32.7 Å². The Morgan fingerprint density at radius 3 is 2.35 bits per heavy atom. The highest BCUT2D eigenvalue weighted by Gasteiger charge is 2.28. The molecular weight excluding hydrogens is 348 g/mol. The summed E-state index contributed by atoms with van der Waals surface area (Å²) in [6.45, 7) is 8.54. The third-order valence-corrected chi connectivity index (χ3v) is 7.68. The molecule has 26 heavy (non-hydrogen) atoms. The van der Waals surface area contributed by atoms with E-state index in [-0.39, 0.29) is 0 Å². The predicted octanol–water partition coefficient (Wildman–Crippen LogP) is 2.90. The van der Waals surface area contributed by atoms with Gasteiger partial charge in [-0.25, -0.2) is 8.42 Å². The van der Waals surface area contributed by atoms with E-state index in [0.717, 1.165) is 31.8 Å². The first-order valence-electron chi connectivity index (χ1n) is 9.87. The summed E-state index contributed by atoms with van der Waals surface area (Å²) in [5, 5.41) is 0. The second-order valence-corrected chi connectivity index (χ2v) is 9.67. The summed E-state index contributed by atoms with van der Waals surface area (Å²) < 4.78 is 33.2. The van der Waals surface area contributed by atoms with Crippen LogP contribution >= 0.6 is 0 Å². The van der Waals surface area contributed by atoms with Crippen molar-refractivity contribution < 1.29 is 13.2 Å². The summed E-state index contributed by atoms with van der Waals surface area (Å²) in [4.78, 5) is 2.71. The number of rotatable bonds is 6. The van der Waals surface area contributed by atoms with Gasteiger partial charge in [0.2, 0.25) is 10.0 Å². The molecule has 6 heteroatoms. The van der Waals surface area contributed by atoms with Gasteiger partial charge in [-0.2, -0.15) is 4.31 Å². The van der Waals surface area contributed by atoms with Gasteiger partial charge in [0.05, 0.1) is 17.6 Å². The van der Waals surface area contributed by atoms with Crippen LogP contribution in [0.25, 0.3) is 0 Å². The van der Waals surface area contributed by atoms with E-state index in [4.69, 9.17) is 4.74 Å². The fraction of sp³-hybridized carbons (Fsp3) is 0.700. The zero-order valence-corrected chi connectivity index (χ0v) is 16.9. The van der Waals surface area contributed by atoms with Gasteiger partial charge < -0.3 is 4.74 Å². The van der Waals surface area contributed by atoms with Gasteiger partial charge in [0.1, 0.15) is 0 Å². The molecule has 1 saturated heterocycles. The molecule has 2 atom stereocenters. The first-order chi connectivity index (χ1) is 12.5. The molecule has 1 heterocycles. The molecule has 0 amide bonds. The number of nitrogens with zero attached hydrogens (tertiary/aromatic N) is 2. The maximum Gasteiger partial charge on any atom is 0.243 e. The predicted molar refractivity (Wildman–Crippen MR) is 104 cm³/mol. The van der Waals surface area contributed by atoms with Gasteiger partial charge in [-0.05, 0) is 37.8 Å². The molecule has 2 fully saturated rings. The van der Waals surface area contributed by atoms with Crippen molar-refractivity contribution in [2.45, 2.75) is 50.5 Å². The maximum absolute atomic E-state index is 12.7. The minimum absolute atomic E-state index is 0.395. The summed E-state index contributed by atoms with van der Waals surface area (Å²) in [7, 11) is -3.37. The molecule has 2 unspecified atom stereocenters. The largest absolute Gasteiger partial charge is 0.377 e. The summed E-state index contributed by atoms with van der Waals surface area (Å²) in [5.74, 6) is 0.667. The zero-order chi connectivity index (χ0) is 18.6. The SMILES string of the molecule is Cc1ccc(S(=O)(=O)N2CCN(CCOC3CCCCC3C)CC2)cc1. The monoisotopic (exact) mass is 380 g/mol. The fourth-order valence-electron chi connectivity index (χ4n) is 3.92. The van der Waals surface area contributed by atoms with Crippen molar-refractivity contribution in [3.05, 3.63) is 29.8 Å². The van der Waals surface area contributed by atoms with E-state index in [0.29, 0.717) is 30.0 Å². The molecule has 1 aromatic rings. The maximum atomic E-state index is 12.7. The molecule has 1 aliphatic carbocycles. The van der Waals surface area contributed by atoms with Crippen LogP contribution in [-0.4, -0.2) is 63.1 Å². The molecule has 146 valence electrons. The lowest BCUT2D eigenvalue weighted by Crippen LogP contribution is -2.49. The molecule has 0 aromatic heterocycles. The van der Waals surface area contributed by atoms with Crippen LogP contribution in [0.2, 0.25) is 0 Å². The van der Waals surface area contributed by atoms with Crippen molar-refractivity contribution in [1.82, 2.24) is 9.21 Å². The lowest BCUT2D eigenvalue weighted by Gasteiger charge is -2.35. The Bertz CT molecular complexity index is 667. The number of benzene rings is 1. The number of aryl methyl sites for hydroxylation is 1. The Hall–Kier alpha value is -0.950. The summed E-state index contributed by atoms with van der Waals surface area (Å²) in [6.07, 6.45) is 5.49. The van der Waals surface area contributed by atoms with E-state index >= 15 is 0 Å². The molecule has 0 radical (unpaired) electrons. The number of hydrogen-bond acceptors (Lipinski definition) is 4. The average Bonchev–Trinajstić information content (AvgIpc) is 2.64. The summed E-state index contributed by atoms with van der Waals surface area (Å²) in [5.41, 5.74) is 1.07. The third kappa shape index (κ3) is 4.85. The highest BCUT2D eigenvalue weighted by atomic mass is 32.2. The minimum Gasteiger partial charge on any atom is -0.377 e. The standard InChI is InChI=1S/C20H32N2O3S/c1-17-7-9-19(10-8-17)26(23,24)22-13-11-21(12-14-22)15-16-25-20-6-4-3-5-18(20)2/h7-10,18,20H,3-6,11-16H2,1-2H3. The topological polar surface area (TPSA) is 49.9 Å². The number of hydrogen-bond donors (Lipinski definition) is 0. The van der Waals surface area contributed by atoms with Crippen LogP contribution < -0.4 is 0 Å². The van der Waals surface area contributed by atoms with Crippen molar-refractivity contribution >= 4 is 10.0 Å². The Morgan fingerprint density at radius 2 is 1.69 bits per heavy atom. The zero-order valence-electron chi connectivity index (χ0n) is 16.1. The lowest BCUT2D eigenvalue weighted by atomic mass is 9.88. The number of piperazine rings is 1. The van der Waals surface area contributed by atoms with Crippen molar-refractivity contribution in [3.8, 4) is 0 Å². The molecule has 1 aromatic carbocycles. The number of sulfonamides is 1. The Balaban J connectivity index is 1.44. The summed E-state index contributed by atoms with van der Waals surface area (Å²) >= 11 is 0. The van der Waals surface area contributed by atoms with Crippen LogP contribution in [0.4, 0.5) is 0 Å². The molecule has 1 aliphatic heterocycles. The van der Waals surface area contributed by atoms with Gasteiger partial charge in [-0.15, -0.1) is 0 Å². The highest BCUT2D eigenvalue weighted by molar-refractivity contribution is 7.89. The van der Waals surface area contributed by atoms with Crippen LogP contribution in [0.1, 0.15) is 38.2 Å².